The van der Waals surface area contributed by atoms with Crippen molar-refractivity contribution in [3.05, 3.63) is 0 Å². The minimum Gasteiger partial charge on any atom is -0.396 e. The first kappa shape index (κ1) is 11.9. The van der Waals surface area contributed by atoms with E-state index in [-0.39, 0.29) is 12.7 Å². The van der Waals surface area contributed by atoms with Crippen LogP contribution in [0.1, 0.15) is 40.0 Å². The van der Waals surface area contributed by atoms with Gasteiger partial charge in [-0.2, -0.15) is 0 Å². The van der Waals surface area contributed by atoms with Crippen molar-refractivity contribution in [2.75, 3.05) is 6.61 Å². The summed E-state index contributed by atoms with van der Waals surface area (Å²) in [5, 5.41) is 18.0. The molecule has 0 radical (unpaired) electrons. The van der Waals surface area contributed by atoms with Crippen LogP contribution in [0.5, 0.6) is 0 Å². The van der Waals surface area contributed by atoms with Crippen LogP contribution in [0.4, 0.5) is 0 Å². The summed E-state index contributed by atoms with van der Waals surface area (Å²) in [6, 6.07) is 0. The number of aliphatic hydroxyl groups is 2. The van der Waals surface area contributed by atoms with Crippen molar-refractivity contribution >= 4 is 0 Å². The summed E-state index contributed by atoms with van der Waals surface area (Å²) >= 11 is 0. The third-order valence-corrected chi connectivity index (χ3v) is 1.52. The van der Waals surface area contributed by atoms with Crippen LogP contribution >= 0.6 is 0 Å². The molecule has 0 saturated heterocycles. The smallest absolute Gasteiger partial charge is 0.160 e. The molecule has 0 bridgehead atoms. The molecule has 0 aromatic carbocycles. The SMILES string of the molecule is CCCC(CCO)OC(C)(C)O. The molecule has 0 aliphatic rings. The highest BCUT2D eigenvalue weighted by Gasteiger charge is 2.19. The molecule has 0 aromatic heterocycles. The molecule has 3 heteroatoms. The van der Waals surface area contributed by atoms with Crippen LogP contribution in [0.2, 0.25) is 0 Å². The molecule has 0 spiro atoms. The van der Waals surface area contributed by atoms with Crippen molar-refractivity contribution in [2.45, 2.75) is 51.9 Å². The number of ether oxygens (including phenoxy) is 1. The van der Waals surface area contributed by atoms with E-state index in [2.05, 4.69) is 6.92 Å². The van der Waals surface area contributed by atoms with Crippen LogP contribution in [0, 0.1) is 0 Å². The van der Waals surface area contributed by atoms with Crippen molar-refractivity contribution in [1.29, 1.82) is 0 Å². The van der Waals surface area contributed by atoms with Crippen molar-refractivity contribution in [3.8, 4) is 0 Å². The van der Waals surface area contributed by atoms with Gasteiger partial charge in [0.1, 0.15) is 0 Å². The summed E-state index contributed by atoms with van der Waals surface area (Å²) in [4.78, 5) is 0. The summed E-state index contributed by atoms with van der Waals surface area (Å²) in [6.07, 6.45) is 2.45. The highest BCUT2D eigenvalue weighted by molar-refractivity contribution is 4.60. The predicted molar refractivity (Wildman–Crippen MR) is 47.8 cm³/mol. The van der Waals surface area contributed by atoms with Crippen molar-refractivity contribution in [2.24, 2.45) is 0 Å². The van der Waals surface area contributed by atoms with Gasteiger partial charge in [0.15, 0.2) is 5.79 Å². The molecule has 74 valence electrons. The zero-order valence-electron chi connectivity index (χ0n) is 8.21. The zero-order chi connectivity index (χ0) is 9.61. The average molecular weight is 176 g/mol. The molecule has 2 N–H and O–H groups in total. The molecular weight excluding hydrogens is 156 g/mol. The Balaban J connectivity index is 3.77. The molecule has 1 unspecified atom stereocenters. The number of hydrogen-bond acceptors (Lipinski definition) is 3. The van der Waals surface area contributed by atoms with Crippen LogP contribution < -0.4 is 0 Å². The standard InChI is InChI=1S/C9H20O3/c1-4-5-8(6-7-10)12-9(2,3)11/h8,10-11H,4-7H2,1-3H3. The molecule has 1 atom stereocenters. The van der Waals surface area contributed by atoms with Gasteiger partial charge < -0.3 is 14.9 Å². The van der Waals surface area contributed by atoms with Gasteiger partial charge in [0.25, 0.3) is 0 Å². The summed E-state index contributed by atoms with van der Waals surface area (Å²) in [7, 11) is 0. The fourth-order valence-corrected chi connectivity index (χ4v) is 1.14. The Hall–Kier alpha value is -0.120. The van der Waals surface area contributed by atoms with E-state index in [4.69, 9.17) is 9.84 Å². The van der Waals surface area contributed by atoms with E-state index in [1.54, 1.807) is 13.8 Å². The molecular formula is C9H20O3. The third-order valence-electron chi connectivity index (χ3n) is 1.52. The lowest BCUT2D eigenvalue weighted by Gasteiger charge is -2.25. The van der Waals surface area contributed by atoms with Gasteiger partial charge in [0.05, 0.1) is 6.10 Å². The Morgan fingerprint density at radius 1 is 1.33 bits per heavy atom. The van der Waals surface area contributed by atoms with Gasteiger partial charge in [0, 0.05) is 6.61 Å². The maximum Gasteiger partial charge on any atom is 0.160 e. The van der Waals surface area contributed by atoms with Gasteiger partial charge >= 0.3 is 0 Å². The molecule has 0 aliphatic heterocycles. The Labute approximate surface area is 74.4 Å². The zero-order valence-corrected chi connectivity index (χ0v) is 8.21. The lowest BCUT2D eigenvalue weighted by Crippen LogP contribution is -2.30. The second-order valence-electron chi connectivity index (χ2n) is 3.49. The minimum absolute atomic E-state index is 0.0278. The Kier molecular flexibility index (Phi) is 5.46. The van der Waals surface area contributed by atoms with Crippen LogP contribution in [0.25, 0.3) is 0 Å². The fourth-order valence-electron chi connectivity index (χ4n) is 1.14. The first-order chi connectivity index (χ1) is 5.49. The molecule has 0 fully saturated rings. The van der Waals surface area contributed by atoms with Gasteiger partial charge in [-0.3, -0.25) is 0 Å². The average Bonchev–Trinajstić information content (AvgIpc) is 1.84. The van der Waals surface area contributed by atoms with E-state index in [0.717, 1.165) is 12.8 Å². The minimum atomic E-state index is -1.09. The quantitative estimate of drug-likeness (QED) is 0.599. The number of rotatable bonds is 6. The fraction of sp³-hybridized carbons (Fsp3) is 1.00. The van der Waals surface area contributed by atoms with E-state index in [1.807, 2.05) is 0 Å². The highest BCUT2D eigenvalue weighted by atomic mass is 16.6. The monoisotopic (exact) mass is 176 g/mol. The normalized spacial score (nSPS) is 14.8. The third kappa shape index (κ3) is 6.58. The first-order valence-corrected chi connectivity index (χ1v) is 4.50. The van der Waals surface area contributed by atoms with Gasteiger partial charge in [-0.25, -0.2) is 0 Å². The van der Waals surface area contributed by atoms with Crippen molar-refractivity contribution < 1.29 is 14.9 Å². The van der Waals surface area contributed by atoms with Crippen molar-refractivity contribution in [3.63, 3.8) is 0 Å². The molecule has 12 heavy (non-hydrogen) atoms. The maximum atomic E-state index is 9.34. The van der Waals surface area contributed by atoms with E-state index >= 15 is 0 Å². The molecule has 0 heterocycles. The summed E-state index contributed by atoms with van der Waals surface area (Å²) in [5.41, 5.74) is 0. The highest BCUT2D eigenvalue weighted by Crippen LogP contribution is 2.14. The largest absolute Gasteiger partial charge is 0.396 e. The number of aliphatic hydroxyl groups excluding tert-OH is 1. The second kappa shape index (κ2) is 5.51. The molecule has 0 rings (SSSR count). The number of hydrogen-bond donors (Lipinski definition) is 2. The topological polar surface area (TPSA) is 49.7 Å². The van der Waals surface area contributed by atoms with Crippen LogP contribution in [-0.4, -0.2) is 28.7 Å². The Morgan fingerprint density at radius 3 is 2.25 bits per heavy atom. The van der Waals surface area contributed by atoms with E-state index in [9.17, 15) is 5.11 Å². The summed E-state index contributed by atoms with van der Waals surface area (Å²) in [6.45, 7) is 5.37. The predicted octanol–water partition coefficient (Wildman–Crippen LogP) is 1.28. The lowest BCUT2D eigenvalue weighted by atomic mass is 10.1. The second-order valence-corrected chi connectivity index (χ2v) is 3.49. The van der Waals surface area contributed by atoms with Gasteiger partial charge in [0.2, 0.25) is 0 Å². The van der Waals surface area contributed by atoms with Crippen LogP contribution in [0.15, 0.2) is 0 Å². The van der Waals surface area contributed by atoms with E-state index in [0.29, 0.717) is 6.42 Å². The van der Waals surface area contributed by atoms with Gasteiger partial charge in [-0.05, 0) is 26.7 Å². The molecule has 3 nitrogen and oxygen atoms in total. The van der Waals surface area contributed by atoms with Gasteiger partial charge in [-0.1, -0.05) is 13.3 Å². The maximum absolute atomic E-state index is 9.34. The molecule has 0 saturated carbocycles. The lowest BCUT2D eigenvalue weighted by molar-refractivity contribution is -0.209. The molecule has 0 aromatic rings. The van der Waals surface area contributed by atoms with Crippen LogP contribution in [-0.2, 0) is 4.74 Å². The van der Waals surface area contributed by atoms with Crippen LogP contribution in [0.3, 0.4) is 0 Å². The summed E-state index contributed by atoms with van der Waals surface area (Å²) < 4.78 is 5.31. The van der Waals surface area contributed by atoms with E-state index in [1.165, 1.54) is 0 Å². The van der Waals surface area contributed by atoms with Crippen molar-refractivity contribution in [1.82, 2.24) is 0 Å². The van der Waals surface area contributed by atoms with E-state index < -0.39 is 5.79 Å². The molecule has 0 amide bonds. The molecule has 0 aliphatic carbocycles. The Morgan fingerprint density at radius 2 is 1.92 bits per heavy atom. The van der Waals surface area contributed by atoms with Gasteiger partial charge in [-0.15, -0.1) is 0 Å². The Bertz CT molecular complexity index is 101. The summed E-state index contributed by atoms with van der Waals surface area (Å²) in [5.74, 6) is -1.09. The first-order valence-electron chi connectivity index (χ1n) is 4.50.